The Morgan fingerprint density at radius 2 is 2.11 bits per heavy atom. The van der Waals surface area contributed by atoms with Crippen LogP contribution in [0.4, 0.5) is 0 Å². The molecule has 1 heterocycles. The molecule has 102 valence electrons. The molecule has 5 nitrogen and oxygen atoms in total. The number of hydrogen-bond donors (Lipinski definition) is 2. The lowest BCUT2D eigenvalue weighted by atomic mass is 10.1. The fraction of sp³-hybridized carbons (Fsp3) is 0.385. The number of nitrogens with zero attached hydrogens (tertiary/aromatic N) is 1. The van der Waals surface area contributed by atoms with Crippen LogP contribution in [0.5, 0.6) is 0 Å². The van der Waals surface area contributed by atoms with Gasteiger partial charge in [0, 0.05) is 23.6 Å². The highest BCUT2D eigenvalue weighted by atomic mass is 35.5. The van der Waals surface area contributed by atoms with E-state index in [2.05, 4.69) is 0 Å². The molecular formula is C13H14ClNO4. The van der Waals surface area contributed by atoms with Crippen molar-refractivity contribution in [2.45, 2.75) is 25.5 Å². The third kappa shape index (κ3) is 2.57. The Hall–Kier alpha value is -1.59. The highest BCUT2D eigenvalue weighted by molar-refractivity contribution is 6.31. The Bertz CT molecular complexity index is 531. The number of amides is 1. The first-order valence-electron chi connectivity index (χ1n) is 5.88. The van der Waals surface area contributed by atoms with E-state index in [9.17, 15) is 14.7 Å². The maximum Gasteiger partial charge on any atom is 0.326 e. The predicted molar refractivity (Wildman–Crippen MR) is 69.3 cm³/mol. The van der Waals surface area contributed by atoms with Crippen molar-refractivity contribution in [1.82, 2.24) is 4.90 Å². The summed E-state index contributed by atoms with van der Waals surface area (Å²) < 4.78 is 0. The van der Waals surface area contributed by atoms with Gasteiger partial charge in [0.1, 0.15) is 6.04 Å². The van der Waals surface area contributed by atoms with Gasteiger partial charge in [0.15, 0.2) is 0 Å². The summed E-state index contributed by atoms with van der Waals surface area (Å²) in [6.07, 6.45) is -0.745. The third-order valence-corrected chi connectivity index (χ3v) is 3.73. The van der Waals surface area contributed by atoms with Crippen molar-refractivity contribution in [3.8, 4) is 0 Å². The number of aliphatic carboxylic acids is 1. The molecule has 0 bridgehead atoms. The van der Waals surface area contributed by atoms with Crippen molar-refractivity contribution < 1.29 is 19.8 Å². The molecule has 0 radical (unpaired) electrons. The van der Waals surface area contributed by atoms with Gasteiger partial charge in [-0.1, -0.05) is 17.7 Å². The minimum absolute atomic E-state index is 0.0295. The number of likely N-dealkylation sites (tertiary alicyclic amines) is 1. The van der Waals surface area contributed by atoms with Crippen LogP contribution in [-0.2, 0) is 4.79 Å². The van der Waals surface area contributed by atoms with E-state index in [4.69, 9.17) is 16.7 Å². The minimum Gasteiger partial charge on any atom is -0.480 e. The first-order valence-corrected chi connectivity index (χ1v) is 6.26. The normalized spacial score (nSPS) is 22.6. The van der Waals surface area contributed by atoms with Crippen LogP contribution < -0.4 is 0 Å². The molecule has 19 heavy (non-hydrogen) atoms. The number of hydrogen-bond acceptors (Lipinski definition) is 3. The van der Waals surface area contributed by atoms with Crippen LogP contribution in [0.25, 0.3) is 0 Å². The van der Waals surface area contributed by atoms with E-state index in [1.807, 2.05) is 0 Å². The first-order chi connectivity index (χ1) is 8.91. The molecule has 1 aromatic rings. The molecule has 0 unspecified atom stereocenters. The fourth-order valence-electron chi connectivity index (χ4n) is 2.27. The number of rotatable bonds is 2. The molecule has 0 spiro atoms. The molecule has 0 aliphatic carbocycles. The van der Waals surface area contributed by atoms with Crippen LogP contribution in [0.1, 0.15) is 22.3 Å². The smallest absolute Gasteiger partial charge is 0.326 e. The molecule has 2 N–H and O–H groups in total. The molecule has 2 rings (SSSR count). The SMILES string of the molecule is Cc1c(Cl)cccc1C(=O)N1C[C@@H](O)C[C@H]1C(=O)O. The lowest BCUT2D eigenvalue weighted by molar-refractivity contribution is -0.141. The summed E-state index contributed by atoms with van der Waals surface area (Å²) in [5, 5.41) is 19.1. The van der Waals surface area contributed by atoms with Gasteiger partial charge in [0.25, 0.3) is 5.91 Å². The number of aliphatic hydroxyl groups excluding tert-OH is 1. The lowest BCUT2D eigenvalue weighted by Crippen LogP contribution is -2.40. The summed E-state index contributed by atoms with van der Waals surface area (Å²) in [5.74, 6) is -1.52. The molecule has 1 amide bonds. The van der Waals surface area contributed by atoms with Crippen molar-refractivity contribution in [1.29, 1.82) is 0 Å². The van der Waals surface area contributed by atoms with E-state index in [0.717, 1.165) is 0 Å². The predicted octanol–water partition coefficient (Wildman–Crippen LogP) is 1.31. The number of aliphatic hydroxyl groups is 1. The third-order valence-electron chi connectivity index (χ3n) is 3.32. The molecule has 1 aromatic carbocycles. The van der Waals surface area contributed by atoms with E-state index in [1.54, 1.807) is 25.1 Å². The molecule has 1 aliphatic heterocycles. The Morgan fingerprint density at radius 3 is 2.74 bits per heavy atom. The van der Waals surface area contributed by atoms with Crippen LogP contribution in [0.15, 0.2) is 18.2 Å². The largest absolute Gasteiger partial charge is 0.480 e. The zero-order chi connectivity index (χ0) is 14.2. The number of carboxylic acid groups (broad SMARTS) is 1. The average Bonchev–Trinajstić information content (AvgIpc) is 2.74. The van der Waals surface area contributed by atoms with Gasteiger partial charge in [-0.2, -0.15) is 0 Å². The molecule has 1 saturated heterocycles. The monoisotopic (exact) mass is 283 g/mol. The van der Waals surface area contributed by atoms with Gasteiger partial charge in [0.05, 0.1) is 6.10 Å². The van der Waals surface area contributed by atoms with E-state index in [1.165, 1.54) is 4.90 Å². The highest BCUT2D eigenvalue weighted by Crippen LogP contribution is 2.25. The number of carboxylic acids is 1. The van der Waals surface area contributed by atoms with Crippen LogP contribution in [0.2, 0.25) is 5.02 Å². The Balaban J connectivity index is 2.33. The Morgan fingerprint density at radius 1 is 1.42 bits per heavy atom. The summed E-state index contributed by atoms with van der Waals surface area (Å²) in [6, 6.07) is 3.93. The van der Waals surface area contributed by atoms with Crippen molar-refractivity contribution in [3.05, 3.63) is 34.3 Å². The number of halogens is 1. The van der Waals surface area contributed by atoms with Gasteiger partial charge in [-0.3, -0.25) is 4.79 Å². The van der Waals surface area contributed by atoms with E-state index in [-0.39, 0.29) is 13.0 Å². The minimum atomic E-state index is -1.11. The zero-order valence-corrected chi connectivity index (χ0v) is 11.1. The lowest BCUT2D eigenvalue weighted by Gasteiger charge is -2.22. The number of carbonyl (C=O) groups excluding carboxylic acids is 1. The summed E-state index contributed by atoms with van der Waals surface area (Å²) in [6.45, 7) is 1.74. The van der Waals surface area contributed by atoms with Crippen molar-refractivity contribution in [3.63, 3.8) is 0 Å². The quantitative estimate of drug-likeness (QED) is 0.858. The second kappa shape index (κ2) is 5.19. The number of benzene rings is 1. The highest BCUT2D eigenvalue weighted by Gasteiger charge is 2.39. The fourth-order valence-corrected chi connectivity index (χ4v) is 2.44. The van der Waals surface area contributed by atoms with Crippen molar-refractivity contribution in [2.24, 2.45) is 0 Å². The van der Waals surface area contributed by atoms with Gasteiger partial charge < -0.3 is 15.1 Å². The zero-order valence-electron chi connectivity index (χ0n) is 10.3. The van der Waals surface area contributed by atoms with Gasteiger partial charge >= 0.3 is 5.97 Å². The summed E-state index contributed by atoms with van der Waals surface area (Å²) in [5.41, 5.74) is 0.979. The molecule has 0 saturated carbocycles. The standard InChI is InChI=1S/C13H14ClNO4/c1-7-9(3-2-4-10(7)14)12(17)15-6-8(16)5-11(15)13(18)19/h2-4,8,11,16H,5-6H2,1H3,(H,18,19)/t8-,11-/m0/s1. The molecule has 1 aliphatic rings. The van der Waals surface area contributed by atoms with E-state index < -0.39 is 24.0 Å². The second-order valence-corrected chi connectivity index (χ2v) is 5.02. The number of β-amino-alcohol motifs (C(OH)–C–C–N with tert-alkyl or cyclic N) is 1. The Kier molecular flexibility index (Phi) is 3.78. The molecule has 0 aromatic heterocycles. The van der Waals surface area contributed by atoms with Crippen molar-refractivity contribution in [2.75, 3.05) is 6.54 Å². The van der Waals surface area contributed by atoms with Gasteiger partial charge in [0.2, 0.25) is 0 Å². The molecule has 1 fully saturated rings. The molecule has 6 heteroatoms. The summed E-state index contributed by atoms with van der Waals surface area (Å²) in [7, 11) is 0. The van der Waals surface area contributed by atoms with Crippen molar-refractivity contribution >= 4 is 23.5 Å². The van der Waals surface area contributed by atoms with E-state index in [0.29, 0.717) is 16.1 Å². The van der Waals surface area contributed by atoms with Gasteiger partial charge in [-0.05, 0) is 24.6 Å². The maximum absolute atomic E-state index is 12.4. The molecule has 2 atom stereocenters. The topological polar surface area (TPSA) is 77.8 Å². The first kappa shape index (κ1) is 13.8. The Labute approximate surface area is 115 Å². The molecular weight excluding hydrogens is 270 g/mol. The van der Waals surface area contributed by atoms with Gasteiger partial charge in [-0.15, -0.1) is 0 Å². The van der Waals surface area contributed by atoms with E-state index >= 15 is 0 Å². The van der Waals surface area contributed by atoms with Crippen LogP contribution in [0, 0.1) is 6.92 Å². The average molecular weight is 284 g/mol. The number of carbonyl (C=O) groups is 2. The van der Waals surface area contributed by atoms with Gasteiger partial charge in [-0.25, -0.2) is 4.79 Å². The summed E-state index contributed by atoms with van der Waals surface area (Å²) in [4.78, 5) is 24.7. The maximum atomic E-state index is 12.4. The second-order valence-electron chi connectivity index (χ2n) is 4.61. The summed E-state index contributed by atoms with van der Waals surface area (Å²) >= 11 is 5.96. The van der Waals surface area contributed by atoms with Crippen LogP contribution >= 0.6 is 11.6 Å². The van der Waals surface area contributed by atoms with Crippen LogP contribution in [0.3, 0.4) is 0 Å². The van der Waals surface area contributed by atoms with Crippen LogP contribution in [-0.4, -0.2) is 45.7 Å².